The summed E-state index contributed by atoms with van der Waals surface area (Å²) < 4.78 is 22.5. The first-order chi connectivity index (χ1) is 8.03. The van der Waals surface area contributed by atoms with E-state index < -0.39 is 9.84 Å². The molecule has 0 aromatic heterocycles. The molecule has 3 nitrogen and oxygen atoms in total. The lowest BCUT2D eigenvalue weighted by molar-refractivity contribution is 0.316. The van der Waals surface area contributed by atoms with Crippen LogP contribution in [0.3, 0.4) is 0 Å². The Hall–Kier alpha value is -0.0900. The molecule has 1 aliphatic carbocycles. The minimum absolute atomic E-state index is 0.321. The first-order valence-corrected chi connectivity index (χ1v) is 9.00. The van der Waals surface area contributed by atoms with Gasteiger partial charge < -0.3 is 5.32 Å². The molecule has 0 aliphatic heterocycles. The number of sulfone groups is 1. The number of hydrogen-bond acceptors (Lipinski definition) is 3. The molecule has 102 valence electrons. The molecular formula is C13H27NO2S. The van der Waals surface area contributed by atoms with Gasteiger partial charge in [-0.3, -0.25) is 0 Å². The van der Waals surface area contributed by atoms with Crippen LogP contribution in [0.2, 0.25) is 0 Å². The zero-order valence-electron chi connectivity index (χ0n) is 11.2. The maximum Gasteiger partial charge on any atom is 0.147 e. The quantitative estimate of drug-likeness (QED) is 0.747. The second kappa shape index (κ2) is 7.37. The first-order valence-electron chi connectivity index (χ1n) is 6.94. The standard InChI is InChI=1S/C13H27NO2S/c1-3-14-13(10-11-17(2,15)16)12-8-6-4-5-7-9-12/h12-14H,3-11H2,1-2H3. The molecule has 0 heterocycles. The Morgan fingerprint density at radius 3 is 2.24 bits per heavy atom. The van der Waals surface area contributed by atoms with Crippen LogP contribution in [-0.2, 0) is 9.84 Å². The molecule has 1 N–H and O–H groups in total. The van der Waals surface area contributed by atoms with E-state index in [-0.39, 0.29) is 0 Å². The molecule has 1 rings (SSSR count). The van der Waals surface area contributed by atoms with Crippen LogP contribution in [0.1, 0.15) is 51.9 Å². The summed E-state index contributed by atoms with van der Waals surface area (Å²) in [5.74, 6) is 1.00. The monoisotopic (exact) mass is 261 g/mol. The van der Waals surface area contributed by atoms with Crippen molar-refractivity contribution in [2.24, 2.45) is 5.92 Å². The molecule has 1 aliphatic rings. The van der Waals surface area contributed by atoms with Gasteiger partial charge in [-0.15, -0.1) is 0 Å². The van der Waals surface area contributed by atoms with Crippen LogP contribution in [0, 0.1) is 5.92 Å². The molecule has 0 aromatic rings. The Labute approximate surface area is 106 Å². The van der Waals surface area contributed by atoms with E-state index in [0.717, 1.165) is 13.0 Å². The molecule has 1 atom stereocenters. The lowest BCUT2D eigenvalue weighted by atomic mass is 9.90. The molecule has 4 heteroatoms. The van der Waals surface area contributed by atoms with Crippen molar-refractivity contribution in [3.8, 4) is 0 Å². The highest BCUT2D eigenvalue weighted by molar-refractivity contribution is 7.90. The smallest absolute Gasteiger partial charge is 0.147 e. The molecule has 0 amide bonds. The summed E-state index contributed by atoms with van der Waals surface area (Å²) in [7, 11) is -2.83. The fourth-order valence-corrected chi connectivity index (χ4v) is 3.50. The highest BCUT2D eigenvalue weighted by atomic mass is 32.2. The van der Waals surface area contributed by atoms with Crippen molar-refractivity contribution in [1.82, 2.24) is 5.32 Å². The highest BCUT2D eigenvalue weighted by Gasteiger charge is 2.22. The third-order valence-electron chi connectivity index (χ3n) is 3.73. The molecule has 0 saturated heterocycles. The Morgan fingerprint density at radius 1 is 1.18 bits per heavy atom. The van der Waals surface area contributed by atoms with Crippen LogP contribution in [0.15, 0.2) is 0 Å². The fraction of sp³-hybridized carbons (Fsp3) is 1.00. The second-order valence-electron chi connectivity index (χ2n) is 5.33. The maximum atomic E-state index is 11.3. The van der Waals surface area contributed by atoms with Crippen molar-refractivity contribution in [3.63, 3.8) is 0 Å². The van der Waals surface area contributed by atoms with Gasteiger partial charge in [0.05, 0.1) is 5.75 Å². The van der Waals surface area contributed by atoms with Crippen molar-refractivity contribution in [2.45, 2.75) is 57.9 Å². The van der Waals surface area contributed by atoms with Gasteiger partial charge in [-0.2, -0.15) is 0 Å². The van der Waals surface area contributed by atoms with Crippen LogP contribution in [-0.4, -0.2) is 33.0 Å². The summed E-state index contributed by atoms with van der Waals surface area (Å²) in [4.78, 5) is 0. The van der Waals surface area contributed by atoms with Gasteiger partial charge in [-0.1, -0.05) is 32.6 Å². The first kappa shape index (κ1) is 15.0. The Bertz CT molecular complexity index is 293. The van der Waals surface area contributed by atoms with Crippen LogP contribution < -0.4 is 5.32 Å². The SMILES string of the molecule is CCNC(CCS(C)(=O)=O)C1CCCCCC1. The maximum absolute atomic E-state index is 11.3. The minimum atomic E-state index is -2.83. The van der Waals surface area contributed by atoms with E-state index in [2.05, 4.69) is 12.2 Å². The van der Waals surface area contributed by atoms with Gasteiger partial charge in [-0.05, 0) is 31.7 Å². The summed E-state index contributed by atoms with van der Waals surface area (Å²) in [6.07, 6.45) is 9.96. The number of nitrogens with one attached hydrogen (secondary N) is 1. The summed E-state index contributed by atoms with van der Waals surface area (Å²) in [5, 5.41) is 3.49. The third-order valence-corrected chi connectivity index (χ3v) is 4.71. The zero-order chi connectivity index (χ0) is 12.7. The number of rotatable bonds is 6. The molecule has 1 saturated carbocycles. The van der Waals surface area contributed by atoms with E-state index in [1.807, 2.05) is 0 Å². The van der Waals surface area contributed by atoms with Crippen molar-refractivity contribution in [2.75, 3.05) is 18.6 Å². The largest absolute Gasteiger partial charge is 0.314 e. The van der Waals surface area contributed by atoms with E-state index in [1.54, 1.807) is 0 Å². The van der Waals surface area contributed by atoms with Crippen LogP contribution in [0.25, 0.3) is 0 Å². The van der Waals surface area contributed by atoms with Crippen LogP contribution in [0.4, 0.5) is 0 Å². The van der Waals surface area contributed by atoms with Crippen molar-refractivity contribution >= 4 is 9.84 Å². The predicted molar refractivity (Wildman–Crippen MR) is 73.0 cm³/mol. The number of hydrogen-bond donors (Lipinski definition) is 1. The molecule has 0 aromatic carbocycles. The summed E-state index contributed by atoms with van der Waals surface area (Å²) in [6.45, 7) is 3.04. The van der Waals surface area contributed by atoms with E-state index in [9.17, 15) is 8.42 Å². The average molecular weight is 261 g/mol. The fourth-order valence-electron chi connectivity index (χ4n) is 2.82. The molecule has 17 heavy (non-hydrogen) atoms. The van der Waals surface area contributed by atoms with E-state index in [1.165, 1.54) is 44.8 Å². The van der Waals surface area contributed by atoms with Gasteiger partial charge in [-0.25, -0.2) is 8.42 Å². The molecular weight excluding hydrogens is 234 g/mol. The lowest BCUT2D eigenvalue weighted by Crippen LogP contribution is -2.37. The topological polar surface area (TPSA) is 46.2 Å². The Kier molecular flexibility index (Phi) is 6.49. The summed E-state index contributed by atoms with van der Waals surface area (Å²) >= 11 is 0. The van der Waals surface area contributed by atoms with Gasteiger partial charge in [0.25, 0.3) is 0 Å². The van der Waals surface area contributed by atoms with Gasteiger partial charge in [0.1, 0.15) is 9.84 Å². The van der Waals surface area contributed by atoms with Crippen molar-refractivity contribution in [3.05, 3.63) is 0 Å². The highest BCUT2D eigenvalue weighted by Crippen LogP contribution is 2.27. The van der Waals surface area contributed by atoms with E-state index in [4.69, 9.17) is 0 Å². The Morgan fingerprint density at radius 2 is 1.76 bits per heavy atom. The predicted octanol–water partition coefficient (Wildman–Crippen LogP) is 2.37. The molecule has 0 spiro atoms. The molecule has 0 radical (unpaired) electrons. The van der Waals surface area contributed by atoms with E-state index >= 15 is 0 Å². The third kappa shape index (κ3) is 6.41. The van der Waals surface area contributed by atoms with Crippen LogP contribution >= 0.6 is 0 Å². The second-order valence-corrected chi connectivity index (χ2v) is 7.59. The van der Waals surface area contributed by atoms with Gasteiger partial charge in [0.15, 0.2) is 0 Å². The summed E-state index contributed by atoms with van der Waals surface area (Å²) in [6, 6.07) is 0.396. The molecule has 1 unspecified atom stereocenters. The van der Waals surface area contributed by atoms with Crippen LogP contribution in [0.5, 0.6) is 0 Å². The van der Waals surface area contributed by atoms with Crippen molar-refractivity contribution < 1.29 is 8.42 Å². The molecule has 0 bridgehead atoms. The zero-order valence-corrected chi connectivity index (χ0v) is 12.1. The van der Waals surface area contributed by atoms with Gasteiger partial charge in [0, 0.05) is 12.3 Å². The van der Waals surface area contributed by atoms with E-state index in [0.29, 0.717) is 17.7 Å². The normalized spacial score (nSPS) is 21.1. The summed E-state index contributed by atoms with van der Waals surface area (Å²) in [5.41, 5.74) is 0. The Balaban J connectivity index is 2.50. The minimum Gasteiger partial charge on any atom is -0.314 e. The molecule has 1 fully saturated rings. The van der Waals surface area contributed by atoms with Crippen molar-refractivity contribution in [1.29, 1.82) is 0 Å². The lowest BCUT2D eigenvalue weighted by Gasteiger charge is -2.26. The van der Waals surface area contributed by atoms with Gasteiger partial charge in [0.2, 0.25) is 0 Å². The average Bonchev–Trinajstić information content (AvgIpc) is 2.51. The van der Waals surface area contributed by atoms with Gasteiger partial charge >= 0.3 is 0 Å².